The average Bonchev–Trinajstić information content (AvgIpc) is 1.59. The summed E-state index contributed by atoms with van der Waals surface area (Å²) < 4.78 is 10.3. The van der Waals surface area contributed by atoms with Crippen LogP contribution in [-0.2, 0) is 4.57 Å². The lowest BCUT2D eigenvalue weighted by molar-refractivity contribution is 0.577. The van der Waals surface area contributed by atoms with Crippen LogP contribution in [0.1, 0.15) is 0 Å². The van der Waals surface area contributed by atoms with Gasteiger partial charge in [-0.2, -0.15) is 0 Å². The van der Waals surface area contributed by atoms with E-state index in [0.29, 0.717) is 12.4 Å². The lowest BCUT2D eigenvalue weighted by Gasteiger charge is -2.01. The van der Waals surface area contributed by atoms with Crippen LogP contribution < -0.4 is 10.6 Å². The van der Waals surface area contributed by atoms with Crippen molar-refractivity contribution in [1.82, 2.24) is 5.09 Å². The van der Waals surface area contributed by atoms with Gasteiger partial charge >= 0.3 is 0 Å². The third kappa shape index (κ3) is 6.73. The molecule has 0 fully saturated rings. The summed E-state index contributed by atoms with van der Waals surface area (Å²) in [6.45, 7) is -2.67. The van der Waals surface area contributed by atoms with E-state index in [0.717, 1.165) is 0 Å². The van der Waals surface area contributed by atoms with Gasteiger partial charge in [-0.05, 0) is 11.2 Å². The van der Waals surface area contributed by atoms with Crippen molar-refractivity contribution in [3.05, 3.63) is 0 Å². The van der Waals surface area contributed by atoms with Gasteiger partial charge in [0.15, 0.2) is 0 Å². The predicted octanol–water partition coefficient (Wildman–Crippen LogP) is 1.12. The fourth-order valence-corrected chi connectivity index (χ4v) is 1.09. The van der Waals surface area contributed by atoms with E-state index in [1.807, 2.05) is 0 Å². The molecular weight excluding hydrogens is 170 g/mol. The number of halogens is 2. The molecule has 3 nitrogen and oxygen atoms in total. The molecule has 0 aliphatic rings. The molecule has 50 valence electrons. The minimum atomic E-state index is -3.04. The smallest absolute Gasteiger partial charge is 0.271 e. The van der Waals surface area contributed by atoms with E-state index < -0.39 is 6.80 Å². The van der Waals surface area contributed by atoms with Gasteiger partial charge in [0.25, 0.3) is 6.80 Å². The molecule has 0 heterocycles. The van der Waals surface area contributed by atoms with Crippen LogP contribution in [-0.4, -0.2) is 12.4 Å². The first-order valence-corrected chi connectivity index (χ1v) is 5.17. The molecule has 0 aromatic heterocycles. The van der Waals surface area contributed by atoms with Gasteiger partial charge in [0.1, 0.15) is 0 Å². The first-order valence-electron chi connectivity index (χ1n) is 1.95. The summed E-state index contributed by atoms with van der Waals surface area (Å²) in [4.78, 5) is 0. The SMILES string of the molecule is N[P@](=O)(Cl)NCCCl. The first kappa shape index (κ1) is 8.73. The monoisotopic (exact) mass is 176 g/mol. The molecule has 0 aliphatic carbocycles. The Hall–Kier alpha value is 0.730. The van der Waals surface area contributed by atoms with Crippen LogP contribution in [0.5, 0.6) is 0 Å². The summed E-state index contributed by atoms with van der Waals surface area (Å²) in [7, 11) is 0. The van der Waals surface area contributed by atoms with Crippen molar-refractivity contribution in [3.8, 4) is 0 Å². The third-order valence-electron chi connectivity index (χ3n) is 0.422. The molecule has 0 amide bonds. The van der Waals surface area contributed by atoms with Gasteiger partial charge in [0.05, 0.1) is 0 Å². The standard InChI is InChI=1S/C2H7Cl2N2OP/c3-1-2-6-8(4,5)7/h1-2H2,(H3,5,6,7)/t8-/m1/s1. The lowest BCUT2D eigenvalue weighted by atomic mass is 10.8. The Morgan fingerprint density at radius 3 is 2.38 bits per heavy atom. The van der Waals surface area contributed by atoms with E-state index >= 15 is 0 Å². The highest BCUT2D eigenvalue weighted by Gasteiger charge is 2.06. The summed E-state index contributed by atoms with van der Waals surface area (Å²) in [5, 5.41) is 2.34. The molecule has 0 spiro atoms. The van der Waals surface area contributed by atoms with Crippen molar-refractivity contribution in [2.45, 2.75) is 0 Å². The summed E-state index contributed by atoms with van der Waals surface area (Å²) in [5.74, 6) is 0.355. The number of rotatable bonds is 3. The van der Waals surface area contributed by atoms with Gasteiger partial charge in [0.2, 0.25) is 0 Å². The van der Waals surface area contributed by atoms with Crippen LogP contribution in [0.2, 0.25) is 0 Å². The van der Waals surface area contributed by atoms with Gasteiger partial charge in [-0.25, -0.2) is 5.09 Å². The average molecular weight is 177 g/mol. The minimum absolute atomic E-state index is 0.355. The number of hydrogen-bond donors (Lipinski definition) is 2. The van der Waals surface area contributed by atoms with Gasteiger partial charge in [-0.3, -0.25) is 10.1 Å². The van der Waals surface area contributed by atoms with E-state index in [2.05, 4.69) is 5.09 Å². The van der Waals surface area contributed by atoms with Crippen molar-refractivity contribution < 1.29 is 4.57 Å². The zero-order valence-electron chi connectivity index (χ0n) is 4.10. The molecule has 0 saturated heterocycles. The van der Waals surface area contributed by atoms with E-state index in [4.69, 9.17) is 28.3 Å². The van der Waals surface area contributed by atoms with Crippen LogP contribution in [0.4, 0.5) is 0 Å². The second-order valence-corrected chi connectivity index (χ2v) is 4.53. The maximum Gasteiger partial charge on any atom is 0.296 e. The summed E-state index contributed by atoms with van der Waals surface area (Å²) in [6.07, 6.45) is 0. The van der Waals surface area contributed by atoms with Crippen molar-refractivity contribution in [2.75, 3.05) is 12.4 Å². The van der Waals surface area contributed by atoms with Gasteiger partial charge in [0, 0.05) is 12.4 Å². The summed E-state index contributed by atoms with van der Waals surface area (Å²) >= 11 is 10.3. The number of nitrogens with two attached hydrogens (primary N) is 1. The molecule has 0 saturated carbocycles. The Kier molecular flexibility index (Phi) is 4.04. The first-order chi connectivity index (χ1) is 3.56. The molecule has 8 heavy (non-hydrogen) atoms. The number of hydrogen-bond acceptors (Lipinski definition) is 1. The molecule has 0 aliphatic heterocycles. The molecule has 0 rings (SSSR count). The maximum atomic E-state index is 10.3. The highest BCUT2D eigenvalue weighted by atomic mass is 35.7. The molecule has 0 bridgehead atoms. The Balaban J connectivity index is 3.26. The zero-order chi connectivity index (χ0) is 6.62. The molecule has 6 heteroatoms. The largest absolute Gasteiger partial charge is 0.296 e. The number of alkyl halides is 1. The fraction of sp³-hybridized carbons (Fsp3) is 1.00. The van der Waals surface area contributed by atoms with Gasteiger partial charge in [-0.15, -0.1) is 11.6 Å². The topological polar surface area (TPSA) is 55.1 Å². The van der Waals surface area contributed by atoms with Crippen molar-refractivity contribution in [1.29, 1.82) is 0 Å². The Morgan fingerprint density at radius 1 is 1.75 bits per heavy atom. The molecule has 0 unspecified atom stereocenters. The fourth-order valence-electron chi connectivity index (χ4n) is 0.195. The second-order valence-electron chi connectivity index (χ2n) is 1.17. The highest BCUT2D eigenvalue weighted by molar-refractivity contribution is 7.85. The highest BCUT2D eigenvalue weighted by Crippen LogP contribution is 2.35. The summed E-state index contributed by atoms with van der Waals surface area (Å²) in [6, 6.07) is 0. The van der Waals surface area contributed by atoms with Crippen molar-refractivity contribution >= 4 is 29.6 Å². The molecule has 3 N–H and O–H groups in total. The molecule has 0 radical (unpaired) electrons. The predicted molar refractivity (Wildman–Crippen MR) is 36.4 cm³/mol. The lowest BCUT2D eigenvalue weighted by Crippen LogP contribution is -2.14. The molecule has 0 aromatic rings. The van der Waals surface area contributed by atoms with Crippen LogP contribution in [0.15, 0.2) is 0 Å². The molecule has 1 atom stereocenters. The zero-order valence-corrected chi connectivity index (χ0v) is 6.51. The van der Waals surface area contributed by atoms with Crippen LogP contribution in [0.3, 0.4) is 0 Å². The van der Waals surface area contributed by atoms with E-state index in [1.54, 1.807) is 0 Å². The van der Waals surface area contributed by atoms with Crippen LogP contribution in [0, 0.1) is 0 Å². The molecular formula is C2H7Cl2N2OP. The number of nitrogens with one attached hydrogen (secondary N) is 1. The van der Waals surface area contributed by atoms with Gasteiger partial charge < -0.3 is 0 Å². The van der Waals surface area contributed by atoms with Gasteiger partial charge in [-0.1, -0.05) is 0 Å². The quantitative estimate of drug-likeness (QED) is 0.501. The van der Waals surface area contributed by atoms with E-state index in [9.17, 15) is 4.57 Å². The van der Waals surface area contributed by atoms with Crippen LogP contribution in [0.25, 0.3) is 0 Å². The van der Waals surface area contributed by atoms with Crippen molar-refractivity contribution in [3.63, 3.8) is 0 Å². The summed E-state index contributed by atoms with van der Waals surface area (Å²) in [5.41, 5.74) is 4.87. The Labute approximate surface area is 57.8 Å². The Bertz CT molecular complexity index is 102. The minimum Gasteiger partial charge on any atom is -0.271 e. The van der Waals surface area contributed by atoms with Crippen LogP contribution >= 0.6 is 29.6 Å². The second kappa shape index (κ2) is 3.70. The van der Waals surface area contributed by atoms with E-state index in [1.165, 1.54) is 0 Å². The van der Waals surface area contributed by atoms with E-state index in [-0.39, 0.29) is 0 Å². The maximum absolute atomic E-state index is 10.3. The third-order valence-corrected chi connectivity index (χ3v) is 1.62. The normalized spacial score (nSPS) is 17.9. The molecule has 0 aromatic carbocycles. The van der Waals surface area contributed by atoms with Crippen molar-refractivity contribution in [2.24, 2.45) is 5.50 Å². The Morgan fingerprint density at radius 2 is 2.25 bits per heavy atom.